The van der Waals surface area contributed by atoms with Gasteiger partial charge < -0.3 is 10.4 Å². The molecule has 2 aromatic rings. The maximum atomic E-state index is 10.2. The average Bonchev–Trinajstić information content (AvgIpc) is 3.13. The third-order valence-corrected chi connectivity index (χ3v) is 5.64. The third kappa shape index (κ3) is 2.84. The van der Waals surface area contributed by atoms with Crippen molar-refractivity contribution < 1.29 is 5.11 Å². The highest BCUT2D eigenvalue weighted by Crippen LogP contribution is 2.43. The van der Waals surface area contributed by atoms with Crippen LogP contribution in [0.3, 0.4) is 0 Å². The summed E-state index contributed by atoms with van der Waals surface area (Å²) in [5, 5.41) is 15.9. The summed E-state index contributed by atoms with van der Waals surface area (Å²) >= 11 is 0. The number of benzene rings is 2. The van der Waals surface area contributed by atoms with Crippen LogP contribution in [0.5, 0.6) is 5.75 Å². The molecule has 2 N–H and O–H groups in total. The summed E-state index contributed by atoms with van der Waals surface area (Å²) in [5.74, 6) is 1.15. The molecule has 1 aliphatic carbocycles. The fourth-order valence-electron chi connectivity index (χ4n) is 4.55. The number of nitrogens with zero attached hydrogens (tertiary/aromatic N) is 1. The van der Waals surface area contributed by atoms with Gasteiger partial charge in [-0.15, -0.1) is 0 Å². The van der Waals surface area contributed by atoms with Crippen LogP contribution >= 0.6 is 0 Å². The highest BCUT2D eigenvalue weighted by molar-refractivity contribution is 5.91. The third-order valence-electron chi connectivity index (χ3n) is 5.64. The Kier molecular flexibility index (Phi) is 4.23. The van der Waals surface area contributed by atoms with Gasteiger partial charge in [0.1, 0.15) is 5.75 Å². The van der Waals surface area contributed by atoms with Crippen LogP contribution in [-0.2, 0) is 0 Å². The van der Waals surface area contributed by atoms with E-state index in [1.165, 1.54) is 36.6 Å². The number of phenolic OH excluding ortho intramolecular Hbond substituents is 1. The van der Waals surface area contributed by atoms with Gasteiger partial charge >= 0.3 is 0 Å². The van der Waals surface area contributed by atoms with Crippen LogP contribution in [0, 0.1) is 5.92 Å². The Morgan fingerprint density at radius 2 is 1.65 bits per heavy atom. The first-order valence-electron chi connectivity index (χ1n) is 9.00. The summed E-state index contributed by atoms with van der Waals surface area (Å²) in [6.45, 7) is 4.41. The summed E-state index contributed by atoms with van der Waals surface area (Å²) in [6, 6.07) is 12.9. The van der Waals surface area contributed by atoms with Crippen molar-refractivity contribution in [2.24, 2.45) is 5.92 Å². The van der Waals surface area contributed by atoms with Crippen LogP contribution in [0.15, 0.2) is 36.4 Å². The summed E-state index contributed by atoms with van der Waals surface area (Å²) in [7, 11) is 0. The van der Waals surface area contributed by atoms with Gasteiger partial charge in [0.25, 0.3) is 0 Å². The van der Waals surface area contributed by atoms with Crippen molar-refractivity contribution in [3.63, 3.8) is 0 Å². The Morgan fingerprint density at radius 1 is 0.957 bits per heavy atom. The molecule has 122 valence electrons. The smallest absolute Gasteiger partial charge is 0.123 e. The van der Waals surface area contributed by atoms with Gasteiger partial charge in [0.05, 0.1) is 0 Å². The van der Waals surface area contributed by atoms with E-state index >= 15 is 0 Å². The molecule has 0 bridgehead atoms. The van der Waals surface area contributed by atoms with Gasteiger partial charge in [0.2, 0.25) is 0 Å². The minimum atomic E-state index is 0.398. The van der Waals surface area contributed by atoms with E-state index in [-0.39, 0.29) is 0 Å². The molecule has 4 rings (SSSR count). The molecule has 2 fully saturated rings. The molecule has 2 aliphatic rings. The molecule has 1 heterocycles. The molecule has 1 atom stereocenters. The minimum absolute atomic E-state index is 0.398. The Labute approximate surface area is 138 Å². The first-order chi connectivity index (χ1) is 11.3. The Morgan fingerprint density at radius 3 is 2.39 bits per heavy atom. The van der Waals surface area contributed by atoms with Crippen molar-refractivity contribution in [1.29, 1.82) is 0 Å². The predicted octanol–water partition coefficient (Wildman–Crippen LogP) is 3.68. The lowest BCUT2D eigenvalue weighted by Crippen LogP contribution is -2.46. The van der Waals surface area contributed by atoms with Crippen molar-refractivity contribution in [1.82, 2.24) is 10.2 Å². The molecule has 0 spiro atoms. The van der Waals surface area contributed by atoms with Crippen LogP contribution in [0.25, 0.3) is 10.8 Å². The highest BCUT2D eigenvalue weighted by atomic mass is 16.3. The second kappa shape index (κ2) is 6.50. The Bertz CT molecular complexity index is 672. The lowest BCUT2D eigenvalue weighted by atomic mass is 9.86. The van der Waals surface area contributed by atoms with E-state index in [1.54, 1.807) is 0 Å². The highest BCUT2D eigenvalue weighted by Gasteiger charge is 2.32. The molecule has 0 amide bonds. The normalized spacial score (nSPS) is 21.7. The number of nitrogens with one attached hydrogen (secondary N) is 1. The van der Waals surface area contributed by atoms with Crippen LogP contribution in [-0.4, -0.2) is 36.2 Å². The lowest BCUT2D eigenvalue weighted by Gasteiger charge is -2.39. The zero-order valence-electron chi connectivity index (χ0n) is 13.7. The number of fused-ring (bicyclic) bond motifs is 1. The largest absolute Gasteiger partial charge is 0.507 e. The fraction of sp³-hybridized carbons (Fsp3) is 0.500. The monoisotopic (exact) mass is 310 g/mol. The van der Waals surface area contributed by atoms with Crippen molar-refractivity contribution in [3.8, 4) is 5.75 Å². The van der Waals surface area contributed by atoms with E-state index in [1.807, 2.05) is 18.2 Å². The van der Waals surface area contributed by atoms with Gasteiger partial charge in [0.15, 0.2) is 0 Å². The van der Waals surface area contributed by atoms with Crippen LogP contribution in [0.2, 0.25) is 0 Å². The van der Waals surface area contributed by atoms with Gasteiger partial charge in [-0.3, -0.25) is 4.90 Å². The quantitative estimate of drug-likeness (QED) is 0.908. The average molecular weight is 310 g/mol. The molecule has 3 nitrogen and oxygen atoms in total. The topological polar surface area (TPSA) is 35.5 Å². The number of phenols is 1. The first kappa shape index (κ1) is 15.0. The lowest BCUT2D eigenvalue weighted by molar-refractivity contribution is 0.126. The van der Waals surface area contributed by atoms with Gasteiger partial charge in [-0.05, 0) is 35.8 Å². The van der Waals surface area contributed by atoms with Gasteiger partial charge in [-0.25, -0.2) is 0 Å². The molecular weight excluding hydrogens is 284 g/mol. The second-order valence-corrected chi connectivity index (χ2v) is 6.99. The van der Waals surface area contributed by atoms with Gasteiger partial charge in [-0.2, -0.15) is 0 Å². The van der Waals surface area contributed by atoms with Crippen molar-refractivity contribution >= 4 is 10.8 Å². The van der Waals surface area contributed by atoms with E-state index in [4.69, 9.17) is 0 Å². The van der Waals surface area contributed by atoms with Crippen LogP contribution in [0.4, 0.5) is 0 Å². The molecule has 1 saturated heterocycles. The summed E-state index contributed by atoms with van der Waals surface area (Å²) < 4.78 is 0. The number of rotatable bonds is 3. The molecule has 23 heavy (non-hydrogen) atoms. The molecule has 0 aromatic heterocycles. The fourth-order valence-corrected chi connectivity index (χ4v) is 4.55. The van der Waals surface area contributed by atoms with E-state index in [0.717, 1.165) is 37.5 Å². The summed E-state index contributed by atoms with van der Waals surface area (Å²) in [5.41, 5.74) is 1.41. The maximum Gasteiger partial charge on any atom is 0.123 e. The van der Waals surface area contributed by atoms with E-state index in [9.17, 15) is 5.11 Å². The summed E-state index contributed by atoms with van der Waals surface area (Å²) in [6.07, 6.45) is 5.40. The van der Waals surface area contributed by atoms with Gasteiger partial charge in [0, 0.05) is 37.6 Å². The molecule has 3 heteroatoms. The molecule has 2 aromatic carbocycles. The van der Waals surface area contributed by atoms with Crippen molar-refractivity contribution in [3.05, 3.63) is 42.0 Å². The molecule has 1 saturated carbocycles. The zero-order valence-corrected chi connectivity index (χ0v) is 13.7. The number of aromatic hydroxyl groups is 1. The second-order valence-electron chi connectivity index (χ2n) is 6.99. The summed E-state index contributed by atoms with van der Waals surface area (Å²) in [4.78, 5) is 2.67. The number of hydrogen-bond acceptors (Lipinski definition) is 3. The van der Waals surface area contributed by atoms with E-state index < -0.39 is 0 Å². The molecule has 1 aliphatic heterocycles. The van der Waals surface area contributed by atoms with Crippen molar-refractivity contribution in [2.75, 3.05) is 26.2 Å². The van der Waals surface area contributed by atoms with E-state index in [2.05, 4.69) is 28.4 Å². The van der Waals surface area contributed by atoms with Gasteiger partial charge in [-0.1, -0.05) is 43.2 Å². The van der Waals surface area contributed by atoms with Crippen molar-refractivity contribution in [2.45, 2.75) is 31.7 Å². The predicted molar refractivity (Wildman–Crippen MR) is 94.8 cm³/mol. The maximum absolute atomic E-state index is 10.2. The zero-order chi connectivity index (χ0) is 15.6. The number of hydrogen-bond donors (Lipinski definition) is 2. The molecular formula is C20H26N2O. The van der Waals surface area contributed by atoms with Crippen LogP contribution in [0.1, 0.15) is 37.3 Å². The molecule has 0 radical (unpaired) electrons. The first-order valence-corrected chi connectivity index (χ1v) is 9.00. The van der Waals surface area contributed by atoms with E-state index in [0.29, 0.717) is 11.8 Å². The Hall–Kier alpha value is -1.58. The Balaban J connectivity index is 1.80. The minimum Gasteiger partial charge on any atom is -0.507 e. The van der Waals surface area contributed by atoms with Crippen LogP contribution < -0.4 is 5.32 Å². The molecule has 0 unspecified atom stereocenters. The standard InChI is InChI=1S/C20H26N2O/c23-19-10-9-18(16-7-3-4-8-17(16)19)20(15-5-1-2-6-15)22-13-11-21-12-14-22/h3-4,7-10,15,20-21,23H,1-2,5-6,11-14H2/t20-/m1/s1. The number of piperazine rings is 1. The SMILES string of the molecule is Oc1ccc([C@@H](C2CCCC2)N2CCNCC2)c2ccccc12.